The van der Waals surface area contributed by atoms with Crippen LogP contribution in [0.15, 0.2) is 41.4 Å². The molecule has 0 spiro atoms. The van der Waals surface area contributed by atoms with E-state index in [4.69, 9.17) is 0 Å². The molecule has 1 amide bonds. The number of nitrogens with one attached hydrogen (secondary N) is 1. The number of nitrogens with zero attached hydrogens (tertiary/aromatic N) is 4. The second kappa shape index (κ2) is 6.78. The number of aromatic nitrogens is 4. The van der Waals surface area contributed by atoms with Gasteiger partial charge < -0.3 is 5.32 Å². The predicted molar refractivity (Wildman–Crippen MR) is 89.8 cm³/mol. The molecule has 3 aromatic rings. The minimum absolute atomic E-state index is 0.145. The molecule has 7 heteroatoms. The van der Waals surface area contributed by atoms with E-state index in [-0.39, 0.29) is 11.7 Å². The lowest BCUT2D eigenvalue weighted by atomic mass is 10.2. The summed E-state index contributed by atoms with van der Waals surface area (Å²) >= 11 is 1.70. The van der Waals surface area contributed by atoms with Crippen molar-refractivity contribution in [2.24, 2.45) is 0 Å². The molecule has 0 aliphatic heterocycles. The van der Waals surface area contributed by atoms with Gasteiger partial charge in [0.15, 0.2) is 0 Å². The average molecular weight is 327 g/mol. The highest BCUT2D eigenvalue weighted by atomic mass is 32.2. The van der Waals surface area contributed by atoms with Crippen molar-refractivity contribution in [3.05, 3.63) is 53.6 Å². The van der Waals surface area contributed by atoms with Crippen LogP contribution >= 0.6 is 11.8 Å². The third-order valence-electron chi connectivity index (χ3n) is 3.31. The molecule has 118 valence electrons. The normalized spacial score (nSPS) is 10.9. The topological polar surface area (TPSA) is 72.2 Å². The fourth-order valence-electron chi connectivity index (χ4n) is 2.05. The van der Waals surface area contributed by atoms with Gasteiger partial charge in [-0.2, -0.15) is 4.98 Å². The minimum atomic E-state index is -0.278. The van der Waals surface area contributed by atoms with Crippen LogP contribution in [0.1, 0.15) is 21.9 Å². The van der Waals surface area contributed by atoms with E-state index in [0.717, 1.165) is 11.4 Å². The van der Waals surface area contributed by atoms with Crippen LogP contribution in [-0.2, 0) is 0 Å². The van der Waals surface area contributed by atoms with Crippen molar-refractivity contribution in [3.63, 3.8) is 0 Å². The van der Waals surface area contributed by atoms with Crippen molar-refractivity contribution in [2.45, 2.75) is 18.7 Å². The van der Waals surface area contributed by atoms with Gasteiger partial charge in [-0.05, 0) is 32.0 Å². The van der Waals surface area contributed by atoms with E-state index in [0.29, 0.717) is 12.3 Å². The number of carbonyl (C=O) groups is 1. The predicted octanol–water partition coefficient (Wildman–Crippen LogP) is 2.26. The molecule has 0 radical (unpaired) electrons. The third kappa shape index (κ3) is 3.68. The second-order valence-corrected chi connectivity index (χ2v) is 6.32. The maximum absolute atomic E-state index is 12.1. The molecule has 0 saturated heterocycles. The Morgan fingerprint density at radius 1 is 1.22 bits per heavy atom. The number of amides is 1. The molecule has 6 nitrogen and oxygen atoms in total. The highest BCUT2D eigenvalue weighted by Crippen LogP contribution is 2.17. The van der Waals surface area contributed by atoms with Crippen LogP contribution in [0.4, 0.5) is 0 Å². The summed E-state index contributed by atoms with van der Waals surface area (Å²) in [5.74, 6) is 1.09. The Balaban J connectivity index is 1.54. The van der Waals surface area contributed by atoms with Gasteiger partial charge in [-0.25, -0.2) is 9.50 Å². The van der Waals surface area contributed by atoms with Gasteiger partial charge in [0.1, 0.15) is 0 Å². The van der Waals surface area contributed by atoms with Gasteiger partial charge in [-0.15, -0.1) is 16.9 Å². The first-order chi connectivity index (χ1) is 11.1. The lowest BCUT2D eigenvalue weighted by molar-refractivity contribution is 0.0946. The van der Waals surface area contributed by atoms with E-state index in [1.165, 1.54) is 10.5 Å². The zero-order chi connectivity index (χ0) is 16.2. The Morgan fingerprint density at radius 3 is 2.74 bits per heavy atom. The molecule has 0 bridgehead atoms. The maximum atomic E-state index is 12.1. The number of rotatable bonds is 5. The Bertz CT molecular complexity index is 828. The number of aryl methyl sites for hydroxylation is 2. The fraction of sp³-hybridized carbons (Fsp3) is 0.250. The van der Waals surface area contributed by atoms with Crippen LogP contribution in [0.25, 0.3) is 5.78 Å². The molecule has 0 saturated carbocycles. The number of fused-ring (bicyclic) bond motifs is 1. The molecule has 0 aliphatic rings. The van der Waals surface area contributed by atoms with Gasteiger partial charge in [0, 0.05) is 29.1 Å². The van der Waals surface area contributed by atoms with Gasteiger partial charge >= 0.3 is 0 Å². The molecule has 1 N–H and O–H groups in total. The van der Waals surface area contributed by atoms with E-state index >= 15 is 0 Å². The Hall–Kier alpha value is -2.41. The van der Waals surface area contributed by atoms with Crippen LogP contribution in [-0.4, -0.2) is 37.8 Å². The lowest BCUT2D eigenvalue weighted by Gasteiger charge is -2.03. The Morgan fingerprint density at radius 2 is 2.00 bits per heavy atom. The monoisotopic (exact) mass is 327 g/mol. The van der Waals surface area contributed by atoms with Crippen molar-refractivity contribution < 1.29 is 4.79 Å². The SMILES string of the molecule is Cc1ccc(SCCNC(=O)c2nc3nccc(C)n3n2)cc1. The summed E-state index contributed by atoms with van der Waals surface area (Å²) in [6, 6.07) is 10.1. The summed E-state index contributed by atoms with van der Waals surface area (Å²) in [5, 5.41) is 7.02. The van der Waals surface area contributed by atoms with Crippen molar-refractivity contribution in [1.82, 2.24) is 24.9 Å². The van der Waals surface area contributed by atoms with Crippen molar-refractivity contribution in [2.75, 3.05) is 12.3 Å². The van der Waals surface area contributed by atoms with E-state index in [1.54, 1.807) is 22.5 Å². The Kier molecular flexibility index (Phi) is 4.57. The molecular formula is C16H17N5OS. The lowest BCUT2D eigenvalue weighted by Crippen LogP contribution is -2.26. The van der Waals surface area contributed by atoms with Crippen LogP contribution < -0.4 is 5.32 Å². The van der Waals surface area contributed by atoms with Gasteiger partial charge in [0.25, 0.3) is 11.7 Å². The van der Waals surface area contributed by atoms with E-state index < -0.39 is 0 Å². The highest BCUT2D eigenvalue weighted by Gasteiger charge is 2.13. The van der Waals surface area contributed by atoms with Gasteiger partial charge in [0.05, 0.1) is 0 Å². The van der Waals surface area contributed by atoms with Crippen molar-refractivity contribution in [1.29, 1.82) is 0 Å². The highest BCUT2D eigenvalue weighted by molar-refractivity contribution is 7.99. The number of thioether (sulfide) groups is 1. The standard InChI is InChI=1S/C16H17N5OS/c1-11-3-5-13(6-4-11)23-10-9-17-15(22)14-19-16-18-8-7-12(2)21(16)20-14/h3-8H,9-10H2,1-2H3,(H,17,22). The van der Waals surface area contributed by atoms with Gasteiger partial charge in [0.2, 0.25) is 5.82 Å². The summed E-state index contributed by atoms with van der Waals surface area (Å²) < 4.78 is 1.57. The van der Waals surface area contributed by atoms with Crippen LogP contribution in [0.3, 0.4) is 0 Å². The quantitative estimate of drug-likeness (QED) is 0.575. The summed E-state index contributed by atoms with van der Waals surface area (Å²) in [4.78, 5) is 21.5. The molecule has 0 fully saturated rings. The molecule has 0 unspecified atom stereocenters. The van der Waals surface area contributed by atoms with Gasteiger partial charge in [-0.1, -0.05) is 17.7 Å². The number of hydrogen-bond donors (Lipinski definition) is 1. The van der Waals surface area contributed by atoms with E-state index in [9.17, 15) is 4.79 Å². The molecule has 0 atom stereocenters. The molecule has 23 heavy (non-hydrogen) atoms. The molecule has 2 aromatic heterocycles. The first kappa shape index (κ1) is 15.5. The first-order valence-electron chi connectivity index (χ1n) is 7.29. The van der Waals surface area contributed by atoms with E-state index in [2.05, 4.69) is 51.6 Å². The third-order valence-corrected chi connectivity index (χ3v) is 4.32. The average Bonchev–Trinajstić information content (AvgIpc) is 2.99. The van der Waals surface area contributed by atoms with Crippen LogP contribution in [0, 0.1) is 13.8 Å². The molecular weight excluding hydrogens is 310 g/mol. The summed E-state index contributed by atoms with van der Waals surface area (Å²) in [5.41, 5.74) is 2.13. The Labute approximate surface area is 138 Å². The summed E-state index contributed by atoms with van der Waals surface area (Å²) in [7, 11) is 0. The van der Waals surface area contributed by atoms with Crippen molar-refractivity contribution >= 4 is 23.4 Å². The number of hydrogen-bond acceptors (Lipinski definition) is 5. The minimum Gasteiger partial charge on any atom is -0.348 e. The van der Waals surface area contributed by atoms with Crippen LogP contribution in [0.5, 0.6) is 0 Å². The fourth-order valence-corrected chi connectivity index (χ4v) is 2.82. The van der Waals surface area contributed by atoms with Gasteiger partial charge in [-0.3, -0.25) is 4.79 Å². The van der Waals surface area contributed by atoms with Crippen molar-refractivity contribution in [3.8, 4) is 0 Å². The summed E-state index contributed by atoms with van der Waals surface area (Å²) in [6.07, 6.45) is 1.65. The number of carbonyl (C=O) groups excluding carboxylic acids is 1. The van der Waals surface area contributed by atoms with Crippen LogP contribution in [0.2, 0.25) is 0 Å². The van der Waals surface area contributed by atoms with E-state index in [1.807, 2.05) is 13.0 Å². The largest absolute Gasteiger partial charge is 0.348 e. The zero-order valence-corrected chi connectivity index (χ0v) is 13.8. The smallest absolute Gasteiger partial charge is 0.291 e. The summed E-state index contributed by atoms with van der Waals surface area (Å²) in [6.45, 7) is 4.51. The molecule has 3 rings (SSSR count). The second-order valence-electron chi connectivity index (χ2n) is 5.15. The maximum Gasteiger partial charge on any atom is 0.291 e. The molecule has 2 heterocycles. The molecule has 0 aliphatic carbocycles. The zero-order valence-electron chi connectivity index (χ0n) is 13.0. The molecule has 1 aromatic carbocycles. The number of benzene rings is 1. The first-order valence-corrected chi connectivity index (χ1v) is 8.28.